The van der Waals surface area contributed by atoms with Crippen LogP contribution in [0.3, 0.4) is 0 Å². The van der Waals surface area contributed by atoms with Crippen LogP contribution in [0.2, 0.25) is 5.02 Å². The molecule has 4 aromatic rings. The van der Waals surface area contributed by atoms with Gasteiger partial charge in [0.25, 0.3) is 5.56 Å². The van der Waals surface area contributed by atoms with Crippen LogP contribution in [0.5, 0.6) is 0 Å². The topological polar surface area (TPSA) is 64.2 Å². The number of fused-ring (bicyclic) bond motifs is 1. The van der Waals surface area contributed by atoms with Gasteiger partial charge in [0.05, 0.1) is 35.4 Å². The smallest absolute Gasteiger partial charge is 0.377 e. The molecule has 10 heteroatoms. The average Bonchev–Trinajstić information content (AvgIpc) is 3.13. The van der Waals surface area contributed by atoms with Crippen molar-refractivity contribution in [1.29, 1.82) is 0 Å². The molecule has 0 saturated heterocycles. The van der Waals surface area contributed by atoms with Gasteiger partial charge in [0.2, 0.25) is 0 Å². The summed E-state index contributed by atoms with van der Waals surface area (Å²) >= 11 is 6.16. The number of imidazole rings is 1. The second kappa shape index (κ2) is 7.49. The minimum Gasteiger partial charge on any atom is -0.377 e. The summed E-state index contributed by atoms with van der Waals surface area (Å²) in [4.78, 5) is 17.1. The third-order valence-corrected chi connectivity index (χ3v) is 4.91. The van der Waals surface area contributed by atoms with E-state index in [1.165, 1.54) is 18.3 Å². The van der Waals surface area contributed by atoms with Crippen molar-refractivity contribution in [2.75, 3.05) is 5.32 Å². The van der Waals surface area contributed by atoms with Crippen molar-refractivity contribution < 1.29 is 13.2 Å². The first-order valence-corrected chi connectivity index (χ1v) is 9.25. The van der Waals surface area contributed by atoms with Gasteiger partial charge in [-0.2, -0.15) is 23.0 Å². The SMILES string of the molecule is Cc1cccc2nc(CNc3cnn(-c4cccc(C(F)(F)F)c4)c(=O)c3Cl)cn12. The van der Waals surface area contributed by atoms with Crippen molar-refractivity contribution in [3.05, 3.63) is 87.2 Å². The number of alkyl halides is 3. The van der Waals surface area contributed by atoms with Crippen LogP contribution < -0.4 is 10.9 Å². The lowest BCUT2D eigenvalue weighted by molar-refractivity contribution is -0.137. The normalized spacial score (nSPS) is 11.8. The first-order chi connectivity index (χ1) is 14.2. The fourth-order valence-corrected chi connectivity index (χ4v) is 3.22. The first kappa shape index (κ1) is 20.0. The van der Waals surface area contributed by atoms with E-state index in [-0.39, 0.29) is 22.9 Å². The van der Waals surface area contributed by atoms with Crippen LogP contribution in [-0.2, 0) is 12.7 Å². The fourth-order valence-electron chi connectivity index (χ4n) is 3.02. The molecule has 3 aromatic heterocycles. The van der Waals surface area contributed by atoms with Crippen molar-refractivity contribution in [3.63, 3.8) is 0 Å². The van der Waals surface area contributed by atoms with Gasteiger partial charge in [-0.3, -0.25) is 4.79 Å². The Labute approximate surface area is 173 Å². The zero-order chi connectivity index (χ0) is 21.5. The number of nitrogens with zero attached hydrogens (tertiary/aromatic N) is 4. The maximum Gasteiger partial charge on any atom is 0.416 e. The van der Waals surface area contributed by atoms with Crippen LogP contribution in [0.1, 0.15) is 17.0 Å². The Bertz CT molecular complexity index is 1300. The number of hydrogen-bond acceptors (Lipinski definition) is 4. The second-order valence-corrected chi connectivity index (χ2v) is 7.00. The van der Waals surface area contributed by atoms with E-state index >= 15 is 0 Å². The van der Waals surface area contributed by atoms with E-state index in [1.807, 2.05) is 35.7 Å². The standard InChI is InChI=1S/C20H15ClF3N5O/c1-12-4-2-7-17-27-14(11-28(12)17)9-25-16-10-26-29(19(30)18(16)21)15-6-3-5-13(8-15)20(22,23)24/h2-8,10-11,25H,9H2,1H3. The molecule has 0 spiro atoms. The lowest BCUT2D eigenvalue weighted by Gasteiger charge is -2.11. The highest BCUT2D eigenvalue weighted by Crippen LogP contribution is 2.30. The molecule has 1 aromatic carbocycles. The van der Waals surface area contributed by atoms with Crippen molar-refractivity contribution in [1.82, 2.24) is 19.2 Å². The minimum atomic E-state index is -4.53. The van der Waals surface area contributed by atoms with Gasteiger partial charge in [0, 0.05) is 11.9 Å². The highest BCUT2D eigenvalue weighted by atomic mass is 35.5. The molecule has 0 radical (unpaired) electrons. The maximum atomic E-state index is 12.9. The Balaban J connectivity index is 1.60. The molecule has 3 heterocycles. The Morgan fingerprint density at radius 1 is 1.17 bits per heavy atom. The number of anilines is 1. The van der Waals surface area contributed by atoms with Crippen LogP contribution in [0.4, 0.5) is 18.9 Å². The van der Waals surface area contributed by atoms with E-state index in [0.29, 0.717) is 0 Å². The van der Waals surface area contributed by atoms with E-state index < -0.39 is 17.3 Å². The third kappa shape index (κ3) is 3.76. The maximum absolute atomic E-state index is 12.9. The van der Waals surface area contributed by atoms with E-state index in [9.17, 15) is 18.0 Å². The minimum absolute atomic E-state index is 0.0286. The van der Waals surface area contributed by atoms with Gasteiger partial charge in [0.15, 0.2) is 0 Å². The summed E-state index contributed by atoms with van der Waals surface area (Å²) in [6.07, 6.45) is -1.37. The largest absolute Gasteiger partial charge is 0.416 e. The summed E-state index contributed by atoms with van der Waals surface area (Å²) in [6, 6.07) is 10.1. The molecular weight excluding hydrogens is 419 g/mol. The van der Waals surface area contributed by atoms with Crippen molar-refractivity contribution in [3.8, 4) is 5.69 Å². The highest BCUT2D eigenvalue weighted by Gasteiger charge is 2.30. The molecule has 0 aliphatic carbocycles. The molecule has 0 saturated carbocycles. The Morgan fingerprint density at radius 3 is 2.67 bits per heavy atom. The summed E-state index contributed by atoms with van der Waals surface area (Å²) in [6.45, 7) is 2.25. The van der Waals surface area contributed by atoms with Crippen molar-refractivity contribution >= 4 is 22.9 Å². The van der Waals surface area contributed by atoms with Crippen LogP contribution in [0.25, 0.3) is 11.3 Å². The van der Waals surface area contributed by atoms with Gasteiger partial charge >= 0.3 is 6.18 Å². The molecule has 1 N–H and O–H groups in total. The summed E-state index contributed by atoms with van der Waals surface area (Å²) in [5, 5.41) is 6.79. The van der Waals surface area contributed by atoms with E-state index in [1.54, 1.807) is 0 Å². The first-order valence-electron chi connectivity index (χ1n) is 8.87. The lowest BCUT2D eigenvalue weighted by Crippen LogP contribution is -2.23. The number of pyridine rings is 1. The van der Waals surface area contributed by atoms with E-state index in [4.69, 9.17) is 11.6 Å². The van der Waals surface area contributed by atoms with Crippen molar-refractivity contribution in [2.24, 2.45) is 0 Å². The average molecular weight is 434 g/mol. The van der Waals surface area contributed by atoms with Gasteiger partial charge in [-0.05, 0) is 37.3 Å². The zero-order valence-corrected chi connectivity index (χ0v) is 16.4. The van der Waals surface area contributed by atoms with Crippen LogP contribution >= 0.6 is 11.6 Å². The second-order valence-electron chi connectivity index (χ2n) is 6.62. The van der Waals surface area contributed by atoms with Crippen molar-refractivity contribution in [2.45, 2.75) is 19.6 Å². The van der Waals surface area contributed by atoms with Gasteiger partial charge in [-0.15, -0.1) is 0 Å². The number of nitrogens with one attached hydrogen (secondary N) is 1. The Kier molecular flexibility index (Phi) is 4.98. The lowest BCUT2D eigenvalue weighted by atomic mass is 10.2. The van der Waals surface area contributed by atoms with E-state index in [2.05, 4.69) is 15.4 Å². The number of hydrogen-bond donors (Lipinski definition) is 1. The molecule has 154 valence electrons. The number of aromatic nitrogens is 4. The molecule has 0 bridgehead atoms. The molecular formula is C20H15ClF3N5O. The molecule has 4 rings (SSSR count). The molecule has 0 atom stereocenters. The molecule has 0 fully saturated rings. The van der Waals surface area contributed by atoms with Gasteiger partial charge in [-0.25, -0.2) is 4.98 Å². The molecule has 30 heavy (non-hydrogen) atoms. The quantitative estimate of drug-likeness (QED) is 0.515. The predicted molar refractivity (Wildman–Crippen MR) is 107 cm³/mol. The molecule has 0 aliphatic rings. The zero-order valence-electron chi connectivity index (χ0n) is 15.6. The molecule has 0 amide bonds. The number of benzene rings is 1. The number of rotatable bonds is 4. The Hall–Kier alpha value is -3.33. The summed E-state index contributed by atoms with van der Waals surface area (Å²) in [5.41, 5.74) is 1.16. The number of halogens is 4. The van der Waals surface area contributed by atoms with Gasteiger partial charge in [-0.1, -0.05) is 23.7 Å². The van der Waals surface area contributed by atoms with Crippen LogP contribution in [0.15, 0.2) is 59.7 Å². The van der Waals surface area contributed by atoms with Crippen LogP contribution in [-0.4, -0.2) is 19.2 Å². The Morgan fingerprint density at radius 2 is 1.93 bits per heavy atom. The molecule has 6 nitrogen and oxygen atoms in total. The van der Waals surface area contributed by atoms with E-state index in [0.717, 1.165) is 33.8 Å². The fraction of sp³-hybridized carbons (Fsp3) is 0.150. The number of aryl methyl sites for hydroxylation is 1. The van der Waals surface area contributed by atoms with Gasteiger partial charge < -0.3 is 9.72 Å². The predicted octanol–water partition coefficient (Wildman–Crippen LogP) is 4.47. The summed E-state index contributed by atoms with van der Waals surface area (Å²) in [5.74, 6) is 0. The highest BCUT2D eigenvalue weighted by molar-refractivity contribution is 6.32. The van der Waals surface area contributed by atoms with Gasteiger partial charge in [0.1, 0.15) is 10.7 Å². The monoisotopic (exact) mass is 433 g/mol. The van der Waals surface area contributed by atoms with Crippen LogP contribution in [0, 0.1) is 6.92 Å². The molecule has 0 unspecified atom stereocenters. The third-order valence-electron chi connectivity index (χ3n) is 4.54. The molecule has 0 aliphatic heterocycles. The summed E-state index contributed by atoms with van der Waals surface area (Å²) in [7, 11) is 0. The summed E-state index contributed by atoms with van der Waals surface area (Å²) < 4.78 is 41.6.